The lowest BCUT2D eigenvalue weighted by Gasteiger charge is -2.12. The Kier molecular flexibility index (Phi) is 9.03. The van der Waals surface area contributed by atoms with E-state index in [4.69, 9.17) is 9.47 Å². The van der Waals surface area contributed by atoms with Gasteiger partial charge in [0.2, 0.25) is 15.9 Å². The molecule has 2 rings (SSSR count). The van der Waals surface area contributed by atoms with Crippen LogP contribution in [0.3, 0.4) is 0 Å². The summed E-state index contributed by atoms with van der Waals surface area (Å²) in [6.45, 7) is 5.88. The van der Waals surface area contributed by atoms with Gasteiger partial charge in [0, 0.05) is 18.5 Å². The summed E-state index contributed by atoms with van der Waals surface area (Å²) in [5, 5.41) is 0. The first-order chi connectivity index (χ1) is 15.2. The normalized spacial score (nSPS) is 11.0. The van der Waals surface area contributed by atoms with Crippen molar-refractivity contribution in [3.63, 3.8) is 0 Å². The second-order valence-electron chi connectivity index (χ2n) is 7.13. The number of carbonyl (C=O) groups is 2. The number of hydrazine groups is 1. The largest absolute Gasteiger partial charge is 0.493 e. The summed E-state index contributed by atoms with van der Waals surface area (Å²) >= 11 is 0. The first-order valence-corrected chi connectivity index (χ1v) is 11.6. The number of methoxy groups -OCH3 is 1. The van der Waals surface area contributed by atoms with Crippen LogP contribution < -0.4 is 25.0 Å². The van der Waals surface area contributed by atoms with E-state index in [-0.39, 0.29) is 23.4 Å². The van der Waals surface area contributed by atoms with Crippen LogP contribution in [0.2, 0.25) is 0 Å². The molecule has 174 valence electrons. The maximum Gasteiger partial charge on any atom is 0.269 e. The van der Waals surface area contributed by atoms with Crippen molar-refractivity contribution in [3.05, 3.63) is 53.1 Å². The van der Waals surface area contributed by atoms with Crippen LogP contribution in [-0.4, -0.2) is 40.5 Å². The van der Waals surface area contributed by atoms with Gasteiger partial charge >= 0.3 is 0 Å². The molecule has 0 fully saturated rings. The summed E-state index contributed by atoms with van der Waals surface area (Å²) in [6, 6.07) is 9.80. The third-order valence-electron chi connectivity index (χ3n) is 4.48. The lowest BCUT2D eigenvalue weighted by atomic mass is 10.2. The predicted molar refractivity (Wildman–Crippen MR) is 120 cm³/mol. The van der Waals surface area contributed by atoms with Crippen molar-refractivity contribution in [3.8, 4) is 11.5 Å². The number of sulfonamides is 1. The molecule has 0 saturated carbocycles. The summed E-state index contributed by atoms with van der Waals surface area (Å²) in [4.78, 5) is 24.5. The topological polar surface area (TPSA) is 123 Å². The molecule has 2 aromatic carbocycles. The van der Waals surface area contributed by atoms with Crippen molar-refractivity contribution in [2.75, 3.05) is 20.3 Å². The van der Waals surface area contributed by atoms with E-state index < -0.39 is 21.8 Å². The molecular weight excluding hydrogens is 434 g/mol. The molecule has 0 spiro atoms. The molecule has 2 aromatic rings. The number of hydrogen-bond donors (Lipinski definition) is 3. The third-order valence-corrected chi connectivity index (χ3v) is 6.08. The smallest absolute Gasteiger partial charge is 0.269 e. The van der Waals surface area contributed by atoms with Crippen LogP contribution in [0.25, 0.3) is 0 Å². The fourth-order valence-electron chi connectivity index (χ4n) is 2.77. The van der Waals surface area contributed by atoms with E-state index in [2.05, 4.69) is 15.6 Å². The predicted octanol–water partition coefficient (Wildman–Crippen LogP) is 2.23. The highest BCUT2D eigenvalue weighted by Crippen LogP contribution is 2.28. The first kappa shape index (κ1) is 25.2. The Hall–Kier alpha value is -3.11. The van der Waals surface area contributed by atoms with Crippen molar-refractivity contribution in [2.45, 2.75) is 38.5 Å². The standard InChI is InChI=1S/C22H29N3O6S/c1-5-12-31-18-9-8-17(14-19(18)30-4)22(27)25-24-21(26)10-11-23-32(28,29)20-13-15(2)6-7-16(20)3/h6-9,13-14,23H,5,10-12H2,1-4H3,(H,24,26)(H,25,27). The van der Waals surface area contributed by atoms with Crippen LogP contribution in [0.1, 0.15) is 41.3 Å². The number of hydrogen-bond acceptors (Lipinski definition) is 6. The van der Waals surface area contributed by atoms with Gasteiger partial charge in [-0.3, -0.25) is 20.4 Å². The number of ether oxygens (including phenoxy) is 2. The zero-order valence-corrected chi connectivity index (χ0v) is 19.5. The van der Waals surface area contributed by atoms with Crippen molar-refractivity contribution >= 4 is 21.8 Å². The molecule has 0 saturated heterocycles. The van der Waals surface area contributed by atoms with Crippen LogP contribution >= 0.6 is 0 Å². The molecule has 0 unspecified atom stereocenters. The Labute approximate surface area is 188 Å². The van der Waals surface area contributed by atoms with Crippen LogP contribution in [0.5, 0.6) is 11.5 Å². The third kappa shape index (κ3) is 6.96. The summed E-state index contributed by atoms with van der Waals surface area (Å²) in [6.07, 6.45) is 0.676. The molecule has 0 bridgehead atoms. The average molecular weight is 464 g/mol. The number of amides is 2. The summed E-state index contributed by atoms with van der Waals surface area (Å²) in [7, 11) is -2.28. The highest BCUT2D eigenvalue weighted by Gasteiger charge is 2.17. The van der Waals surface area contributed by atoms with Gasteiger partial charge in [-0.25, -0.2) is 13.1 Å². The van der Waals surface area contributed by atoms with E-state index in [1.54, 1.807) is 38.1 Å². The molecule has 0 aliphatic heterocycles. The lowest BCUT2D eigenvalue weighted by Crippen LogP contribution is -2.42. The second-order valence-corrected chi connectivity index (χ2v) is 8.87. The van der Waals surface area contributed by atoms with Gasteiger partial charge in [0.05, 0.1) is 18.6 Å². The minimum absolute atomic E-state index is 0.116. The van der Waals surface area contributed by atoms with Crippen LogP contribution in [0.4, 0.5) is 0 Å². The maximum atomic E-state index is 12.5. The average Bonchev–Trinajstić information content (AvgIpc) is 2.77. The van der Waals surface area contributed by atoms with E-state index in [0.717, 1.165) is 12.0 Å². The van der Waals surface area contributed by atoms with Crippen molar-refractivity contribution < 1.29 is 27.5 Å². The Bertz CT molecular complexity index is 1070. The molecule has 0 aliphatic rings. The molecule has 0 aromatic heterocycles. The summed E-state index contributed by atoms with van der Waals surface area (Å²) in [5.41, 5.74) is 6.26. The monoisotopic (exact) mass is 463 g/mol. The van der Waals surface area contributed by atoms with Crippen molar-refractivity contribution in [1.82, 2.24) is 15.6 Å². The van der Waals surface area contributed by atoms with Crippen LogP contribution in [0.15, 0.2) is 41.3 Å². The Balaban J connectivity index is 1.86. The molecule has 32 heavy (non-hydrogen) atoms. The van der Waals surface area contributed by atoms with Gasteiger partial charge in [-0.2, -0.15) is 0 Å². The quantitative estimate of drug-likeness (QED) is 0.465. The molecule has 0 atom stereocenters. The minimum atomic E-state index is -3.75. The molecular formula is C22H29N3O6S. The molecule has 10 heteroatoms. The minimum Gasteiger partial charge on any atom is -0.493 e. The molecule has 2 amide bonds. The van der Waals surface area contributed by atoms with E-state index in [1.165, 1.54) is 13.2 Å². The molecule has 0 radical (unpaired) electrons. The van der Waals surface area contributed by atoms with Crippen molar-refractivity contribution in [1.29, 1.82) is 0 Å². The number of carbonyl (C=O) groups excluding carboxylic acids is 2. The number of nitrogens with one attached hydrogen (secondary N) is 3. The Morgan fingerprint density at radius 2 is 1.75 bits per heavy atom. The van der Waals surface area contributed by atoms with Gasteiger partial charge in [-0.15, -0.1) is 0 Å². The van der Waals surface area contributed by atoms with Gasteiger partial charge in [-0.1, -0.05) is 19.1 Å². The van der Waals surface area contributed by atoms with Crippen LogP contribution in [-0.2, 0) is 14.8 Å². The van der Waals surface area contributed by atoms with E-state index in [9.17, 15) is 18.0 Å². The van der Waals surface area contributed by atoms with Gasteiger partial charge in [0.25, 0.3) is 5.91 Å². The molecule has 0 heterocycles. The van der Waals surface area contributed by atoms with Gasteiger partial charge < -0.3 is 9.47 Å². The fraction of sp³-hybridized carbons (Fsp3) is 0.364. The molecule has 9 nitrogen and oxygen atoms in total. The molecule has 0 aliphatic carbocycles. The highest BCUT2D eigenvalue weighted by atomic mass is 32.2. The lowest BCUT2D eigenvalue weighted by molar-refractivity contribution is -0.121. The van der Waals surface area contributed by atoms with E-state index in [1.807, 2.05) is 13.0 Å². The number of aryl methyl sites for hydroxylation is 2. The zero-order valence-electron chi connectivity index (χ0n) is 18.7. The molecule has 3 N–H and O–H groups in total. The summed E-state index contributed by atoms with van der Waals surface area (Å²) < 4.78 is 38.1. The van der Waals surface area contributed by atoms with Gasteiger partial charge in [0.15, 0.2) is 11.5 Å². The first-order valence-electron chi connectivity index (χ1n) is 10.1. The van der Waals surface area contributed by atoms with Gasteiger partial charge in [-0.05, 0) is 55.7 Å². The number of benzene rings is 2. The highest BCUT2D eigenvalue weighted by molar-refractivity contribution is 7.89. The number of rotatable bonds is 10. The van der Waals surface area contributed by atoms with Gasteiger partial charge in [0.1, 0.15) is 0 Å². The Morgan fingerprint density at radius 1 is 1.00 bits per heavy atom. The fourth-order valence-corrected chi connectivity index (χ4v) is 4.13. The van der Waals surface area contributed by atoms with Crippen LogP contribution in [0, 0.1) is 13.8 Å². The van der Waals surface area contributed by atoms with E-state index in [0.29, 0.717) is 23.7 Å². The van der Waals surface area contributed by atoms with Crippen molar-refractivity contribution in [2.24, 2.45) is 0 Å². The summed E-state index contributed by atoms with van der Waals surface area (Å²) in [5.74, 6) is -0.170. The second kappa shape index (κ2) is 11.5. The van der Waals surface area contributed by atoms with E-state index >= 15 is 0 Å². The maximum absolute atomic E-state index is 12.5. The zero-order chi connectivity index (χ0) is 23.7. The Morgan fingerprint density at radius 3 is 2.44 bits per heavy atom. The SMILES string of the molecule is CCCOc1ccc(C(=O)NNC(=O)CCNS(=O)(=O)c2cc(C)ccc2C)cc1OC.